The number of aryl methyl sites for hydroxylation is 3. The topological polar surface area (TPSA) is 60.3 Å². The SMILES string of the molecule is Cc1cccc(C(=O)N2CCSc3nnc(COc4ccc5c(c4)CCC5)n32)c1. The van der Waals surface area contributed by atoms with Crippen LogP contribution in [0.1, 0.15) is 39.3 Å². The Hall–Kier alpha value is -2.80. The molecule has 0 unspecified atom stereocenters. The molecule has 29 heavy (non-hydrogen) atoms. The van der Waals surface area contributed by atoms with E-state index in [4.69, 9.17) is 4.74 Å². The fraction of sp³-hybridized carbons (Fsp3) is 0.318. The normalized spacial score (nSPS) is 15.1. The number of fused-ring (bicyclic) bond motifs is 2. The molecule has 0 spiro atoms. The molecule has 148 valence electrons. The minimum absolute atomic E-state index is 0.0474. The van der Waals surface area contributed by atoms with Gasteiger partial charge in [-0.2, -0.15) is 0 Å². The van der Waals surface area contributed by atoms with Gasteiger partial charge in [0.05, 0.1) is 6.54 Å². The van der Waals surface area contributed by atoms with Gasteiger partial charge in [0.1, 0.15) is 12.4 Å². The molecule has 1 aliphatic heterocycles. The van der Waals surface area contributed by atoms with Crippen molar-refractivity contribution >= 4 is 17.7 Å². The molecule has 1 amide bonds. The van der Waals surface area contributed by atoms with E-state index in [1.807, 2.05) is 41.9 Å². The fourth-order valence-electron chi connectivity index (χ4n) is 3.95. The summed E-state index contributed by atoms with van der Waals surface area (Å²) in [6.07, 6.45) is 3.48. The van der Waals surface area contributed by atoms with Gasteiger partial charge in [-0.05, 0) is 61.6 Å². The van der Waals surface area contributed by atoms with Gasteiger partial charge in [0.15, 0.2) is 5.82 Å². The Bertz CT molecular complexity index is 1080. The Kier molecular flexibility index (Phi) is 4.75. The van der Waals surface area contributed by atoms with E-state index in [0.29, 0.717) is 17.9 Å². The zero-order valence-electron chi connectivity index (χ0n) is 16.3. The summed E-state index contributed by atoms with van der Waals surface area (Å²) in [6, 6.07) is 14.0. The molecule has 2 aliphatic rings. The van der Waals surface area contributed by atoms with E-state index in [2.05, 4.69) is 22.3 Å². The molecule has 0 radical (unpaired) electrons. The molecule has 6 nitrogen and oxygen atoms in total. The van der Waals surface area contributed by atoms with Gasteiger partial charge in [0.25, 0.3) is 5.91 Å². The molecule has 1 aliphatic carbocycles. The van der Waals surface area contributed by atoms with Crippen LogP contribution < -0.4 is 9.75 Å². The molecule has 0 saturated heterocycles. The van der Waals surface area contributed by atoms with Gasteiger partial charge in [-0.3, -0.25) is 4.79 Å². The molecule has 1 aromatic heterocycles. The average molecular weight is 407 g/mol. The van der Waals surface area contributed by atoms with E-state index in [0.717, 1.165) is 35.1 Å². The summed E-state index contributed by atoms with van der Waals surface area (Å²) in [6.45, 7) is 2.86. The largest absolute Gasteiger partial charge is 0.486 e. The first-order valence-electron chi connectivity index (χ1n) is 9.89. The zero-order chi connectivity index (χ0) is 19.8. The minimum atomic E-state index is -0.0474. The van der Waals surface area contributed by atoms with Gasteiger partial charge in [-0.15, -0.1) is 10.2 Å². The third-order valence-corrected chi connectivity index (χ3v) is 6.29. The second kappa shape index (κ2) is 7.55. The standard InChI is InChI=1S/C22H22N4O2S/c1-15-4-2-7-18(12-15)21(27)25-10-11-29-22-24-23-20(26(22)25)14-28-19-9-8-16-5-3-6-17(16)13-19/h2,4,7-9,12-13H,3,5-6,10-11,14H2,1H3. The highest BCUT2D eigenvalue weighted by Gasteiger charge is 2.28. The molecule has 3 aromatic rings. The van der Waals surface area contributed by atoms with Crippen LogP contribution >= 0.6 is 11.8 Å². The number of rotatable bonds is 4. The summed E-state index contributed by atoms with van der Waals surface area (Å²) in [7, 11) is 0. The van der Waals surface area contributed by atoms with E-state index in [-0.39, 0.29) is 12.5 Å². The predicted octanol–water partition coefficient (Wildman–Crippen LogP) is 3.54. The first-order valence-corrected chi connectivity index (χ1v) is 10.9. The van der Waals surface area contributed by atoms with Crippen molar-refractivity contribution in [2.75, 3.05) is 17.3 Å². The van der Waals surface area contributed by atoms with E-state index >= 15 is 0 Å². The number of carbonyl (C=O) groups is 1. The van der Waals surface area contributed by atoms with Gasteiger partial charge < -0.3 is 4.74 Å². The number of carbonyl (C=O) groups excluding carboxylic acids is 1. The van der Waals surface area contributed by atoms with Crippen LogP contribution in [0, 0.1) is 6.92 Å². The lowest BCUT2D eigenvalue weighted by atomic mass is 10.1. The van der Waals surface area contributed by atoms with E-state index in [1.54, 1.807) is 16.8 Å². The molecular weight excluding hydrogens is 384 g/mol. The molecule has 5 rings (SSSR count). The Morgan fingerprint density at radius 3 is 2.93 bits per heavy atom. The van der Waals surface area contributed by atoms with Gasteiger partial charge in [-0.1, -0.05) is 35.5 Å². The Balaban J connectivity index is 1.39. The second-order valence-electron chi connectivity index (χ2n) is 7.43. The van der Waals surface area contributed by atoms with Crippen molar-refractivity contribution in [1.29, 1.82) is 0 Å². The van der Waals surface area contributed by atoms with Crippen molar-refractivity contribution in [2.45, 2.75) is 37.9 Å². The Morgan fingerprint density at radius 2 is 2.03 bits per heavy atom. The van der Waals surface area contributed by atoms with Crippen LogP contribution in [0.4, 0.5) is 0 Å². The molecule has 7 heteroatoms. The molecule has 0 fully saturated rings. The lowest BCUT2D eigenvalue weighted by Gasteiger charge is -2.29. The van der Waals surface area contributed by atoms with Crippen molar-refractivity contribution in [3.8, 4) is 5.75 Å². The van der Waals surface area contributed by atoms with E-state index in [1.165, 1.54) is 17.5 Å². The number of aromatic nitrogens is 3. The minimum Gasteiger partial charge on any atom is -0.486 e. The molecule has 2 heterocycles. The zero-order valence-corrected chi connectivity index (χ0v) is 17.1. The van der Waals surface area contributed by atoms with Gasteiger partial charge in [0.2, 0.25) is 5.16 Å². The quantitative estimate of drug-likeness (QED) is 0.663. The van der Waals surface area contributed by atoms with Crippen LogP contribution in [0.5, 0.6) is 5.75 Å². The first-order chi connectivity index (χ1) is 14.2. The maximum Gasteiger partial charge on any atom is 0.272 e. The van der Waals surface area contributed by atoms with Crippen LogP contribution in [0.3, 0.4) is 0 Å². The average Bonchev–Trinajstić information content (AvgIpc) is 3.38. The van der Waals surface area contributed by atoms with Crippen molar-refractivity contribution in [2.24, 2.45) is 0 Å². The van der Waals surface area contributed by atoms with Crippen molar-refractivity contribution in [3.63, 3.8) is 0 Å². The molecule has 0 N–H and O–H groups in total. The molecular formula is C22H22N4O2S. The lowest BCUT2D eigenvalue weighted by molar-refractivity contribution is 0.0952. The summed E-state index contributed by atoms with van der Waals surface area (Å²) in [5.41, 5.74) is 4.52. The third-order valence-electron chi connectivity index (χ3n) is 5.39. The highest BCUT2D eigenvalue weighted by atomic mass is 32.2. The maximum absolute atomic E-state index is 13.2. The van der Waals surface area contributed by atoms with Crippen LogP contribution in [-0.2, 0) is 19.4 Å². The third kappa shape index (κ3) is 3.51. The fourth-order valence-corrected chi connectivity index (χ4v) is 4.82. The smallest absolute Gasteiger partial charge is 0.272 e. The van der Waals surface area contributed by atoms with Gasteiger partial charge >= 0.3 is 0 Å². The van der Waals surface area contributed by atoms with Crippen LogP contribution in [0.2, 0.25) is 0 Å². The first kappa shape index (κ1) is 18.2. The molecule has 0 atom stereocenters. The lowest BCUT2D eigenvalue weighted by Crippen LogP contribution is -2.45. The van der Waals surface area contributed by atoms with Crippen LogP contribution in [0.15, 0.2) is 47.6 Å². The van der Waals surface area contributed by atoms with Crippen LogP contribution in [0.25, 0.3) is 0 Å². The molecule has 0 bridgehead atoms. The number of hydrogen-bond acceptors (Lipinski definition) is 5. The van der Waals surface area contributed by atoms with Crippen LogP contribution in [-0.4, -0.2) is 33.1 Å². The summed E-state index contributed by atoms with van der Waals surface area (Å²) < 4.78 is 7.84. The highest BCUT2D eigenvalue weighted by molar-refractivity contribution is 7.99. The summed E-state index contributed by atoms with van der Waals surface area (Å²) in [5.74, 6) is 2.21. The van der Waals surface area contributed by atoms with E-state index in [9.17, 15) is 4.79 Å². The summed E-state index contributed by atoms with van der Waals surface area (Å²) in [5, 5.41) is 11.0. The number of nitrogens with zero attached hydrogens (tertiary/aromatic N) is 4. The number of benzene rings is 2. The van der Waals surface area contributed by atoms with Gasteiger partial charge in [-0.25, -0.2) is 9.69 Å². The highest BCUT2D eigenvalue weighted by Crippen LogP contribution is 2.27. The van der Waals surface area contributed by atoms with E-state index < -0.39 is 0 Å². The maximum atomic E-state index is 13.2. The van der Waals surface area contributed by atoms with Crippen molar-refractivity contribution in [1.82, 2.24) is 14.9 Å². The predicted molar refractivity (Wildman–Crippen MR) is 112 cm³/mol. The summed E-state index contributed by atoms with van der Waals surface area (Å²) in [4.78, 5) is 13.2. The Labute approximate surface area is 173 Å². The van der Waals surface area contributed by atoms with Crippen molar-refractivity contribution < 1.29 is 9.53 Å². The molecule has 2 aromatic carbocycles. The Morgan fingerprint density at radius 1 is 1.14 bits per heavy atom. The summed E-state index contributed by atoms with van der Waals surface area (Å²) >= 11 is 1.61. The molecule has 0 saturated carbocycles. The number of thioether (sulfide) groups is 1. The monoisotopic (exact) mass is 406 g/mol. The van der Waals surface area contributed by atoms with Crippen molar-refractivity contribution in [3.05, 3.63) is 70.5 Å². The second-order valence-corrected chi connectivity index (χ2v) is 8.49. The number of ether oxygens (including phenoxy) is 1. The number of hydrogen-bond donors (Lipinski definition) is 0. The van der Waals surface area contributed by atoms with Gasteiger partial charge in [0, 0.05) is 11.3 Å². The number of amides is 1.